The van der Waals surface area contributed by atoms with Crippen LogP contribution in [0.4, 0.5) is 5.69 Å². The first-order valence-electron chi connectivity index (χ1n) is 12.3. The van der Waals surface area contributed by atoms with Crippen molar-refractivity contribution in [2.45, 2.75) is 13.5 Å². The first kappa shape index (κ1) is 25.5. The van der Waals surface area contributed by atoms with Crippen LogP contribution in [0.1, 0.15) is 12.5 Å². The minimum Gasteiger partial charge on any atom is -0.449 e. The SMILES string of the molecule is CC(=O)N1CCN(c2cnn(-c3ccc(Cl)cc3)c(=O)c2Oc2ccc(-c3cccc(CO)c3)cc2)CC1. The Morgan fingerprint density at radius 3 is 2.34 bits per heavy atom. The lowest BCUT2D eigenvalue weighted by Crippen LogP contribution is -2.48. The van der Waals surface area contributed by atoms with Gasteiger partial charge < -0.3 is 19.6 Å². The summed E-state index contributed by atoms with van der Waals surface area (Å²) in [6, 6.07) is 22.0. The Kier molecular flexibility index (Phi) is 7.44. The molecule has 0 spiro atoms. The van der Waals surface area contributed by atoms with Gasteiger partial charge in [0.15, 0.2) is 0 Å². The van der Waals surface area contributed by atoms with Crippen molar-refractivity contribution in [3.63, 3.8) is 0 Å². The minimum absolute atomic E-state index is 0.0274. The molecule has 0 saturated carbocycles. The van der Waals surface area contributed by atoms with Gasteiger partial charge in [0.05, 0.1) is 18.5 Å². The van der Waals surface area contributed by atoms with Crippen LogP contribution < -0.4 is 15.2 Å². The average molecular weight is 531 g/mol. The van der Waals surface area contributed by atoms with Crippen molar-refractivity contribution in [1.82, 2.24) is 14.7 Å². The molecule has 0 aliphatic carbocycles. The third kappa shape index (κ3) is 5.41. The maximum absolute atomic E-state index is 13.7. The van der Waals surface area contributed by atoms with Crippen molar-refractivity contribution in [3.8, 4) is 28.3 Å². The lowest BCUT2D eigenvalue weighted by Gasteiger charge is -2.35. The highest BCUT2D eigenvalue weighted by Gasteiger charge is 2.25. The number of anilines is 1. The Balaban J connectivity index is 1.49. The molecule has 8 nitrogen and oxygen atoms in total. The van der Waals surface area contributed by atoms with Crippen LogP contribution in [0.3, 0.4) is 0 Å². The fraction of sp³-hybridized carbons (Fsp3) is 0.207. The van der Waals surface area contributed by atoms with E-state index in [1.807, 2.05) is 53.4 Å². The smallest absolute Gasteiger partial charge is 0.316 e. The van der Waals surface area contributed by atoms with E-state index < -0.39 is 5.56 Å². The van der Waals surface area contributed by atoms with Crippen LogP contribution in [0.25, 0.3) is 16.8 Å². The maximum Gasteiger partial charge on any atom is 0.316 e. The summed E-state index contributed by atoms with van der Waals surface area (Å²) in [5.74, 6) is 0.685. The second-order valence-corrected chi connectivity index (χ2v) is 9.47. The van der Waals surface area contributed by atoms with E-state index in [0.29, 0.717) is 48.3 Å². The molecule has 1 amide bonds. The number of nitrogens with zero attached hydrogens (tertiary/aromatic N) is 4. The molecule has 1 fully saturated rings. The molecular weight excluding hydrogens is 504 g/mol. The van der Waals surface area contributed by atoms with Crippen LogP contribution >= 0.6 is 11.6 Å². The Morgan fingerprint density at radius 1 is 0.974 bits per heavy atom. The van der Waals surface area contributed by atoms with Gasteiger partial charge in [-0.3, -0.25) is 9.59 Å². The third-order valence-corrected chi connectivity index (χ3v) is 6.82. The molecule has 0 unspecified atom stereocenters. The Hall–Kier alpha value is -4.14. The zero-order valence-corrected chi connectivity index (χ0v) is 21.6. The molecule has 1 aliphatic rings. The Labute approximate surface area is 225 Å². The molecule has 194 valence electrons. The number of benzene rings is 3. The standard InChI is InChI=1S/C29H27ClN4O4/c1-20(36)32-13-15-33(16-14-32)27-18-31-34(25-9-7-24(30)8-10-25)29(37)28(27)38-26-11-5-22(6-12-26)23-4-2-3-21(17-23)19-35/h2-12,17-18,35H,13-16,19H2,1H3. The summed E-state index contributed by atoms with van der Waals surface area (Å²) in [5.41, 5.74) is 3.50. The number of aliphatic hydroxyl groups is 1. The second-order valence-electron chi connectivity index (χ2n) is 9.03. The van der Waals surface area contributed by atoms with E-state index in [2.05, 4.69) is 5.10 Å². The monoisotopic (exact) mass is 530 g/mol. The molecule has 2 heterocycles. The zero-order valence-electron chi connectivity index (χ0n) is 20.9. The summed E-state index contributed by atoms with van der Waals surface area (Å²) >= 11 is 6.03. The molecule has 3 aromatic carbocycles. The van der Waals surface area contributed by atoms with E-state index in [9.17, 15) is 14.7 Å². The Morgan fingerprint density at radius 2 is 1.68 bits per heavy atom. The minimum atomic E-state index is -0.404. The van der Waals surface area contributed by atoms with Crippen LogP contribution in [0.15, 0.2) is 83.8 Å². The van der Waals surface area contributed by atoms with Gasteiger partial charge in [-0.05, 0) is 59.2 Å². The molecular formula is C29H27ClN4O4. The van der Waals surface area contributed by atoms with Crippen LogP contribution in [-0.4, -0.2) is 51.9 Å². The molecule has 5 rings (SSSR count). The number of rotatable bonds is 6. The summed E-state index contributed by atoms with van der Waals surface area (Å²) in [6.45, 7) is 3.75. The number of piperazine rings is 1. The van der Waals surface area contributed by atoms with Gasteiger partial charge in [0.2, 0.25) is 11.7 Å². The molecule has 38 heavy (non-hydrogen) atoms. The molecule has 1 saturated heterocycles. The fourth-order valence-electron chi connectivity index (χ4n) is 4.46. The number of ether oxygens (including phenoxy) is 1. The number of carbonyl (C=O) groups is 1. The molecule has 0 atom stereocenters. The molecule has 1 N–H and O–H groups in total. The molecule has 1 aromatic heterocycles. The number of hydrogen-bond acceptors (Lipinski definition) is 6. The van der Waals surface area contributed by atoms with Crippen molar-refractivity contribution >= 4 is 23.2 Å². The predicted molar refractivity (Wildman–Crippen MR) is 147 cm³/mol. The molecule has 9 heteroatoms. The summed E-state index contributed by atoms with van der Waals surface area (Å²) in [7, 11) is 0. The Bertz CT molecular complexity index is 1490. The predicted octanol–water partition coefficient (Wildman–Crippen LogP) is 4.51. The lowest BCUT2D eigenvalue weighted by atomic mass is 10.0. The second kappa shape index (κ2) is 11.1. The van der Waals surface area contributed by atoms with Crippen LogP contribution in [0.5, 0.6) is 11.5 Å². The van der Waals surface area contributed by atoms with Crippen molar-refractivity contribution in [2.24, 2.45) is 0 Å². The van der Waals surface area contributed by atoms with Gasteiger partial charge in [-0.25, -0.2) is 0 Å². The molecule has 1 aliphatic heterocycles. The van der Waals surface area contributed by atoms with E-state index in [-0.39, 0.29) is 18.3 Å². The summed E-state index contributed by atoms with van der Waals surface area (Å²) in [4.78, 5) is 29.3. The van der Waals surface area contributed by atoms with E-state index in [1.54, 1.807) is 42.3 Å². The fourth-order valence-corrected chi connectivity index (χ4v) is 4.59. The number of amides is 1. The van der Waals surface area contributed by atoms with Crippen LogP contribution in [0.2, 0.25) is 5.02 Å². The van der Waals surface area contributed by atoms with Crippen molar-refractivity contribution < 1.29 is 14.6 Å². The van der Waals surface area contributed by atoms with E-state index >= 15 is 0 Å². The van der Waals surface area contributed by atoms with Crippen LogP contribution in [-0.2, 0) is 11.4 Å². The van der Waals surface area contributed by atoms with Crippen LogP contribution in [0, 0.1) is 0 Å². The van der Waals surface area contributed by atoms with Gasteiger partial charge in [-0.15, -0.1) is 0 Å². The quantitative estimate of drug-likeness (QED) is 0.395. The zero-order chi connectivity index (χ0) is 26.6. The molecule has 0 bridgehead atoms. The van der Waals surface area contributed by atoms with Crippen molar-refractivity contribution in [1.29, 1.82) is 0 Å². The van der Waals surface area contributed by atoms with Gasteiger partial charge in [-0.2, -0.15) is 9.78 Å². The number of halogens is 1. The highest BCUT2D eigenvalue weighted by Crippen LogP contribution is 2.31. The number of carbonyl (C=O) groups excluding carboxylic acids is 1. The largest absolute Gasteiger partial charge is 0.449 e. The van der Waals surface area contributed by atoms with Gasteiger partial charge in [0, 0.05) is 38.1 Å². The third-order valence-electron chi connectivity index (χ3n) is 6.57. The normalized spacial score (nSPS) is 13.4. The molecule has 0 radical (unpaired) electrons. The first-order valence-corrected chi connectivity index (χ1v) is 12.7. The van der Waals surface area contributed by atoms with E-state index in [0.717, 1.165) is 16.7 Å². The van der Waals surface area contributed by atoms with Gasteiger partial charge in [-0.1, -0.05) is 41.9 Å². The van der Waals surface area contributed by atoms with Crippen molar-refractivity contribution in [3.05, 3.63) is 99.9 Å². The van der Waals surface area contributed by atoms with E-state index in [1.165, 1.54) is 4.68 Å². The highest BCUT2D eigenvalue weighted by molar-refractivity contribution is 6.30. The number of aliphatic hydroxyl groups excluding tert-OH is 1. The maximum atomic E-state index is 13.7. The topological polar surface area (TPSA) is 87.9 Å². The molecule has 4 aromatic rings. The number of hydrogen-bond donors (Lipinski definition) is 1. The van der Waals surface area contributed by atoms with Gasteiger partial charge in [0.25, 0.3) is 0 Å². The van der Waals surface area contributed by atoms with E-state index in [4.69, 9.17) is 16.3 Å². The van der Waals surface area contributed by atoms with Gasteiger partial charge in [0.1, 0.15) is 11.4 Å². The lowest BCUT2D eigenvalue weighted by molar-refractivity contribution is -0.129. The average Bonchev–Trinajstić information content (AvgIpc) is 2.95. The summed E-state index contributed by atoms with van der Waals surface area (Å²) in [6.07, 6.45) is 1.63. The summed E-state index contributed by atoms with van der Waals surface area (Å²) < 4.78 is 7.52. The number of aromatic nitrogens is 2. The summed E-state index contributed by atoms with van der Waals surface area (Å²) in [5, 5.41) is 14.4. The highest BCUT2D eigenvalue weighted by atomic mass is 35.5. The first-order chi connectivity index (χ1) is 18.4. The van der Waals surface area contributed by atoms with Gasteiger partial charge >= 0.3 is 5.56 Å². The van der Waals surface area contributed by atoms with Crippen molar-refractivity contribution in [2.75, 3.05) is 31.1 Å².